The summed E-state index contributed by atoms with van der Waals surface area (Å²) in [5.74, 6) is -0.289. The van der Waals surface area contributed by atoms with Crippen LogP contribution in [0.25, 0.3) is 6.08 Å². The molecule has 0 spiro atoms. The molecule has 0 aromatic carbocycles. The Labute approximate surface area is 102 Å². The molecule has 17 heavy (non-hydrogen) atoms. The van der Waals surface area contributed by atoms with Gasteiger partial charge in [-0.05, 0) is 18.9 Å². The van der Waals surface area contributed by atoms with Crippen LogP contribution in [0.1, 0.15) is 45.2 Å². The van der Waals surface area contributed by atoms with Gasteiger partial charge >= 0.3 is 5.97 Å². The summed E-state index contributed by atoms with van der Waals surface area (Å²) >= 11 is 0. The average molecular weight is 236 g/mol. The van der Waals surface area contributed by atoms with Gasteiger partial charge in [0.1, 0.15) is 6.10 Å². The summed E-state index contributed by atoms with van der Waals surface area (Å²) in [6.07, 6.45) is 10.4. The lowest BCUT2D eigenvalue weighted by molar-refractivity contribution is -0.143. The van der Waals surface area contributed by atoms with Crippen LogP contribution in [-0.4, -0.2) is 22.0 Å². The number of ether oxygens (including phenoxy) is 1. The first kappa shape index (κ1) is 13.5. The second-order valence-electron chi connectivity index (χ2n) is 3.95. The van der Waals surface area contributed by atoms with Gasteiger partial charge in [-0.15, -0.1) is 0 Å². The van der Waals surface area contributed by atoms with Gasteiger partial charge in [0, 0.05) is 6.08 Å². The highest BCUT2D eigenvalue weighted by Gasteiger charge is 2.09. The van der Waals surface area contributed by atoms with E-state index in [4.69, 9.17) is 4.74 Å². The van der Waals surface area contributed by atoms with E-state index < -0.39 is 0 Å². The predicted octanol–water partition coefficient (Wildman–Crippen LogP) is 2.93. The molecular weight excluding hydrogens is 216 g/mol. The van der Waals surface area contributed by atoms with Crippen LogP contribution in [-0.2, 0) is 9.53 Å². The largest absolute Gasteiger partial charge is 0.459 e. The Kier molecular flexibility index (Phi) is 6.07. The molecule has 0 fully saturated rings. The van der Waals surface area contributed by atoms with Gasteiger partial charge in [0.25, 0.3) is 0 Å². The number of carbonyl (C=O) groups is 1. The number of nitrogens with zero attached hydrogens (tertiary/aromatic N) is 1. The lowest BCUT2D eigenvalue weighted by Gasteiger charge is -2.14. The molecular formula is C13H20N2O2. The van der Waals surface area contributed by atoms with E-state index in [9.17, 15) is 4.79 Å². The minimum Gasteiger partial charge on any atom is -0.459 e. The molecule has 0 aliphatic carbocycles. The summed E-state index contributed by atoms with van der Waals surface area (Å²) in [7, 11) is 0. The summed E-state index contributed by atoms with van der Waals surface area (Å²) in [6.45, 7) is 4.17. The molecule has 4 nitrogen and oxygen atoms in total. The third-order valence-corrected chi connectivity index (χ3v) is 2.54. The second-order valence-corrected chi connectivity index (χ2v) is 3.95. The molecule has 1 aromatic rings. The van der Waals surface area contributed by atoms with Crippen LogP contribution in [0, 0.1) is 0 Å². The zero-order valence-corrected chi connectivity index (χ0v) is 10.5. The molecule has 0 amide bonds. The highest BCUT2D eigenvalue weighted by atomic mass is 16.5. The van der Waals surface area contributed by atoms with E-state index in [1.54, 1.807) is 18.6 Å². The van der Waals surface area contributed by atoms with Crippen LogP contribution >= 0.6 is 0 Å². The molecule has 1 atom stereocenters. The van der Waals surface area contributed by atoms with E-state index in [1.807, 2.05) is 6.92 Å². The number of carbonyl (C=O) groups excluding carboxylic acids is 1. The Morgan fingerprint density at radius 1 is 1.59 bits per heavy atom. The molecule has 0 aliphatic rings. The zero-order valence-electron chi connectivity index (χ0n) is 10.5. The van der Waals surface area contributed by atoms with Crippen molar-refractivity contribution in [2.24, 2.45) is 0 Å². The maximum absolute atomic E-state index is 11.5. The lowest BCUT2D eigenvalue weighted by atomic mass is 10.1. The Balaban J connectivity index is 2.37. The van der Waals surface area contributed by atoms with Crippen molar-refractivity contribution in [3.8, 4) is 0 Å². The van der Waals surface area contributed by atoms with E-state index in [1.165, 1.54) is 6.08 Å². The zero-order chi connectivity index (χ0) is 12.5. The molecule has 0 saturated carbocycles. The van der Waals surface area contributed by atoms with Gasteiger partial charge in [-0.1, -0.05) is 26.7 Å². The molecule has 1 unspecified atom stereocenters. The van der Waals surface area contributed by atoms with Gasteiger partial charge in [0.05, 0.1) is 18.2 Å². The summed E-state index contributed by atoms with van der Waals surface area (Å²) < 4.78 is 5.34. The number of aromatic nitrogens is 2. The summed E-state index contributed by atoms with van der Waals surface area (Å²) in [6, 6.07) is 0. The predicted molar refractivity (Wildman–Crippen MR) is 67.3 cm³/mol. The van der Waals surface area contributed by atoms with Crippen molar-refractivity contribution >= 4 is 12.0 Å². The van der Waals surface area contributed by atoms with Crippen molar-refractivity contribution in [3.63, 3.8) is 0 Å². The van der Waals surface area contributed by atoms with Crippen LogP contribution < -0.4 is 0 Å². The van der Waals surface area contributed by atoms with E-state index in [0.29, 0.717) is 0 Å². The standard InChI is InChI=1S/C13H20N2O2/c1-3-5-6-12(4-2)17-13(16)8-7-11-9-14-10-15-11/h7-10,12H,3-6H2,1-2H3,(H,14,15). The molecule has 1 aromatic heterocycles. The maximum atomic E-state index is 11.5. The van der Waals surface area contributed by atoms with E-state index in [0.717, 1.165) is 31.4 Å². The van der Waals surface area contributed by atoms with Crippen molar-refractivity contribution in [2.75, 3.05) is 0 Å². The van der Waals surface area contributed by atoms with Crippen molar-refractivity contribution in [2.45, 2.75) is 45.6 Å². The van der Waals surface area contributed by atoms with Crippen LogP contribution in [0.3, 0.4) is 0 Å². The van der Waals surface area contributed by atoms with Crippen LogP contribution in [0.2, 0.25) is 0 Å². The molecule has 1 heterocycles. The van der Waals surface area contributed by atoms with E-state index in [2.05, 4.69) is 16.9 Å². The van der Waals surface area contributed by atoms with Crippen molar-refractivity contribution in [3.05, 3.63) is 24.3 Å². The molecule has 1 N–H and O–H groups in total. The highest BCUT2D eigenvalue weighted by Crippen LogP contribution is 2.09. The minimum absolute atomic E-state index is 0.0360. The monoisotopic (exact) mass is 236 g/mol. The van der Waals surface area contributed by atoms with Crippen molar-refractivity contribution < 1.29 is 9.53 Å². The SMILES string of the molecule is CCCCC(CC)OC(=O)C=Cc1cnc[nH]1. The molecule has 0 aliphatic heterocycles. The number of aromatic amines is 1. The second kappa shape index (κ2) is 7.65. The van der Waals surface area contributed by atoms with Gasteiger partial charge in [-0.25, -0.2) is 9.78 Å². The fraction of sp³-hybridized carbons (Fsp3) is 0.538. The molecule has 4 heteroatoms. The Hall–Kier alpha value is -1.58. The quantitative estimate of drug-likeness (QED) is 0.585. The third-order valence-electron chi connectivity index (χ3n) is 2.54. The van der Waals surface area contributed by atoms with Crippen LogP contribution in [0.15, 0.2) is 18.6 Å². The first-order chi connectivity index (χ1) is 8.26. The maximum Gasteiger partial charge on any atom is 0.331 e. The summed E-state index contributed by atoms with van der Waals surface area (Å²) in [5, 5.41) is 0. The van der Waals surface area contributed by atoms with Gasteiger partial charge in [-0.2, -0.15) is 0 Å². The third kappa shape index (κ3) is 5.33. The number of H-pyrrole nitrogens is 1. The van der Waals surface area contributed by atoms with Gasteiger partial charge in [0.2, 0.25) is 0 Å². The Bertz CT molecular complexity index is 344. The molecule has 94 valence electrons. The number of rotatable bonds is 7. The average Bonchev–Trinajstić information content (AvgIpc) is 2.85. The molecule has 0 saturated heterocycles. The van der Waals surface area contributed by atoms with Gasteiger partial charge in [0.15, 0.2) is 0 Å². The topological polar surface area (TPSA) is 55.0 Å². The van der Waals surface area contributed by atoms with Gasteiger partial charge < -0.3 is 9.72 Å². The molecule has 0 radical (unpaired) electrons. The van der Waals surface area contributed by atoms with Crippen molar-refractivity contribution in [1.82, 2.24) is 9.97 Å². The van der Waals surface area contributed by atoms with E-state index in [-0.39, 0.29) is 12.1 Å². The first-order valence-electron chi connectivity index (χ1n) is 6.13. The lowest BCUT2D eigenvalue weighted by Crippen LogP contribution is -2.15. The van der Waals surface area contributed by atoms with Crippen LogP contribution in [0.5, 0.6) is 0 Å². The van der Waals surface area contributed by atoms with E-state index >= 15 is 0 Å². The fourth-order valence-corrected chi connectivity index (χ4v) is 1.50. The number of unbranched alkanes of at least 4 members (excludes halogenated alkanes) is 1. The number of hydrogen-bond donors (Lipinski definition) is 1. The smallest absolute Gasteiger partial charge is 0.331 e. The summed E-state index contributed by atoms with van der Waals surface area (Å²) in [5.41, 5.74) is 0.795. The normalized spacial score (nSPS) is 12.8. The molecule has 1 rings (SSSR count). The van der Waals surface area contributed by atoms with Gasteiger partial charge in [-0.3, -0.25) is 0 Å². The highest BCUT2D eigenvalue weighted by molar-refractivity contribution is 5.86. The molecule has 0 bridgehead atoms. The first-order valence-corrected chi connectivity index (χ1v) is 6.13. The number of imidazole rings is 1. The fourth-order valence-electron chi connectivity index (χ4n) is 1.50. The number of hydrogen-bond acceptors (Lipinski definition) is 3. The number of nitrogens with one attached hydrogen (secondary N) is 1. The summed E-state index contributed by atoms with van der Waals surface area (Å²) in [4.78, 5) is 18.3. The Morgan fingerprint density at radius 3 is 3.00 bits per heavy atom. The van der Waals surface area contributed by atoms with Crippen LogP contribution in [0.4, 0.5) is 0 Å². The number of esters is 1. The minimum atomic E-state index is -0.289. The Morgan fingerprint density at radius 2 is 2.41 bits per heavy atom. The van der Waals surface area contributed by atoms with Crippen molar-refractivity contribution in [1.29, 1.82) is 0 Å².